The lowest BCUT2D eigenvalue weighted by atomic mass is 9.97. The number of hydrogen-bond acceptors (Lipinski definition) is 4. The minimum Gasteiger partial charge on any atom is -0.392 e. The maximum atomic E-state index is 13.7. The van der Waals surface area contributed by atoms with Gasteiger partial charge in [0.25, 0.3) is 0 Å². The van der Waals surface area contributed by atoms with Crippen molar-refractivity contribution in [2.24, 2.45) is 5.92 Å². The van der Waals surface area contributed by atoms with E-state index in [4.69, 9.17) is 4.74 Å². The van der Waals surface area contributed by atoms with Crippen LogP contribution in [0.4, 0.5) is 17.6 Å². The normalized spacial score (nSPS) is 25.1. The highest BCUT2D eigenvalue weighted by atomic mass is 19.4. The van der Waals surface area contributed by atoms with Crippen LogP contribution < -0.4 is 0 Å². The van der Waals surface area contributed by atoms with Gasteiger partial charge in [-0.05, 0) is 42.9 Å². The minimum absolute atomic E-state index is 0.156. The smallest absolute Gasteiger partial charge is 0.392 e. The summed E-state index contributed by atoms with van der Waals surface area (Å²) >= 11 is 0. The summed E-state index contributed by atoms with van der Waals surface area (Å²) in [6.45, 7) is 2.45. The van der Waals surface area contributed by atoms with Crippen LogP contribution in [0.25, 0.3) is 0 Å². The Labute approximate surface area is 155 Å². The lowest BCUT2D eigenvalue weighted by Crippen LogP contribution is -2.41. The zero-order valence-corrected chi connectivity index (χ0v) is 14.8. The summed E-state index contributed by atoms with van der Waals surface area (Å²) < 4.78 is 57.0. The topological polar surface area (TPSA) is 49.8 Å². The number of nitrogens with zero attached hydrogens (tertiary/aromatic N) is 1. The Morgan fingerprint density at radius 2 is 1.96 bits per heavy atom. The fraction of sp³-hybridized carbons (Fsp3) is 0.632. The number of benzene rings is 1. The summed E-state index contributed by atoms with van der Waals surface area (Å²) in [6, 6.07) is 2.09. The number of carbonyl (C=O) groups is 1. The molecule has 2 saturated heterocycles. The Hall–Kier alpha value is -1.51. The van der Waals surface area contributed by atoms with Crippen molar-refractivity contribution in [3.8, 4) is 0 Å². The molecule has 2 atom stereocenters. The fourth-order valence-corrected chi connectivity index (χ4v) is 3.89. The standard InChI is InChI=1S/C19H23F4NO3/c20-16-7-13(1-2-15(16)19(21,22)23)8-18(26)17-9-14(25)11-24(17)10-12-3-5-27-6-4-12/h1-2,7,12,14,17,25H,3-6,8-11H2/t14-,17+/m1/s1. The van der Waals surface area contributed by atoms with E-state index in [0.717, 1.165) is 25.0 Å². The summed E-state index contributed by atoms with van der Waals surface area (Å²) in [5.41, 5.74) is -1.13. The average molecular weight is 389 g/mol. The molecule has 2 aliphatic rings. The molecule has 0 aromatic heterocycles. The molecule has 4 nitrogen and oxygen atoms in total. The maximum absolute atomic E-state index is 13.7. The first kappa shape index (κ1) is 20.2. The molecule has 0 amide bonds. The highest BCUT2D eigenvalue weighted by molar-refractivity contribution is 5.86. The Bertz CT molecular complexity index is 673. The lowest BCUT2D eigenvalue weighted by molar-refractivity contribution is -0.140. The summed E-state index contributed by atoms with van der Waals surface area (Å²) in [6.07, 6.45) is -3.43. The molecule has 1 aromatic rings. The molecule has 1 aromatic carbocycles. The van der Waals surface area contributed by atoms with Crippen LogP contribution in [0, 0.1) is 11.7 Å². The van der Waals surface area contributed by atoms with E-state index in [1.165, 1.54) is 0 Å². The average Bonchev–Trinajstić information content (AvgIpc) is 2.95. The quantitative estimate of drug-likeness (QED) is 0.787. The Morgan fingerprint density at radius 1 is 1.26 bits per heavy atom. The van der Waals surface area contributed by atoms with E-state index >= 15 is 0 Å². The number of β-amino-alcohol motifs (C(OH)–C–C–N with tert-alkyl or cyclic N) is 1. The number of halogens is 4. The summed E-state index contributed by atoms with van der Waals surface area (Å²) in [7, 11) is 0. The number of carbonyl (C=O) groups excluding carboxylic acids is 1. The second-order valence-corrected chi connectivity index (χ2v) is 7.37. The first-order valence-electron chi connectivity index (χ1n) is 9.12. The molecule has 2 fully saturated rings. The highest BCUT2D eigenvalue weighted by Crippen LogP contribution is 2.32. The molecule has 150 valence electrons. The van der Waals surface area contributed by atoms with Gasteiger partial charge >= 0.3 is 6.18 Å². The maximum Gasteiger partial charge on any atom is 0.419 e. The first-order valence-corrected chi connectivity index (χ1v) is 9.12. The molecule has 3 rings (SSSR count). The molecule has 0 bridgehead atoms. The minimum atomic E-state index is -4.76. The van der Waals surface area contributed by atoms with Crippen LogP contribution in [0.15, 0.2) is 18.2 Å². The molecule has 0 radical (unpaired) electrons. The van der Waals surface area contributed by atoms with Crippen LogP contribution in [0.2, 0.25) is 0 Å². The third-order valence-corrected chi connectivity index (χ3v) is 5.30. The molecule has 27 heavy (non-hydrogen) atoms. The van der Waals surface area contributed by atoms with Gasteiger partial charge in [0.2, 0.25) is 0 Å². The second-order valence-electron chi connectivity index (χ2n) is 7.37. The van der Waals surface area contributed by atoms with Crippen LogP contribution in [0.1, 0.15) is 30.4 Å². The van der Waals surface area contributed by atoms with Crippen molar-refractivity contribution in [2.45, 2.75) is 44.0 Å². The van der Waals surface area contributed by atoms with Crippen molar-refractivity contribution in [3.05, 3.63) is 35.1 Å². The van der Waals surface area contributed by atoms with Crippen LogP contribution in [-0.4, -0.2) is 54.2 Å². The van der Waals surface area contributed by atoms with Gasteiger partial charge in [-0.2, -0.15) is 13.2 Å². The van der Waals surface area contributed by atoms with Crippen molar-refractivity contribution < 1.29 is 32.2 Å². The van der Waals surface area contributed by atoms with E-state index in [1.54, 1.807) is 0 Å². The van der Waals surface area contributed by atoms with Gasteiger partial charge in [-0.15, -0.1) is 0 Å². The summed E-state index contributed by atoms with van der Waals surface area (Å²) in [5.74, 6) is -1.20. The van der Waals surface area contributed by atoms with Crippen molar-refractivity contribution in [3.63, 3.8) is 0 Å². The Balaban J connectivity index is 1.66. The number of Topliss-reactive ketones (excluding diaryl/α,β-unsaturated/α-hetero) is 1. The monoisotopic (exact) mass is 389 g/mol. The molecular formula is C19H23F4NO3. The van der Waals surface area contributed by atoms with Crippen LogP contribution in [-0.2, 0) is 22.1 Å². The first-order chi connectivity index (χ1) is 12.7. The van der Waals surface area contributed by atoms with Gasteiger partial charge in [-0.1, -0.05) is 6.07 Å². The van der Waals surface area contributed by atoms with Crippen molar-refractivity contribution in [1.82, 2.24) is 4.90 Å². The highest BCUT2D eigenvalue weighted by Gasteiger charge is 2.37. The van der Waals surface area contributed by atoms with Gasteiger partial charge in [0.1, 0.15) is 5.82 Å². The predicted molar refractivity (Wildman–Crippen MR) is 89.6 cm³/mol. The van der Waals surface area contributed by atoms with Gasteiger partial charge in [-0.25, -0.2) is 4.39 Å². The van der Waals surface area contributed by atoms with E-state index in [-0.39, 0.29) is 17.8 Å². The predicted octanol–water partition coefficient (Wildman–Crippen LogP) is 2.82. The molecule has 1 N–H and O–H groups in total. The van der Waals surface area contributed by atoms with E-state index in [0.29, 0.717) is 44.7 Å². The number of aliphatic hydroxyl groups is 1. The molecule has 0 unspecified atom stereocenters. The molecule has 0 spiro atoms. The van der Waals surface area contributed by atoms with Gasteiger partial charge in [0, 0.05) is 32.7 Å². The van der Waals surface area contributed by atoms with Crippen molar-refractivity contribution in [2.75, 3.05) is 26.3 Å². The van der Waals surface area contributed by atoms with Gasteiger partial charge in [0.15, 0.2) is 5.78 Å². The van der Waals surface area contributed by atoms with Crippen molar-refractivity contribution >= 4 is 5.78 Å². The fourth-order valence-electron chi connectivity index (χ4n) is 3.89. The largest absolute Gasteiger partial charge is 0.419 e. The Morgan fingerprint density at radius 3 is 2.59 bits per heavy atom. The number of hydrogen-bond donors (Lipinski definition) is 1. The molecule has 0 aliphatic carbocycles. The number of aliphatic hydroxyl groups excluding tert-OH is 1. The second kappa shape index (κ2) is 8.24. The lowest BCUT2D eigenvalue weighted by Gasteiger charge is -2.30. The van der Waals surface area contributed by atoms with E-state index in [1.807, 2.05) is 4.90 Å². The van der Waals surface area contributed by atoms with Gasteiger partial charge < -0.3 is 9.84 Å². The van der Waals surface area contributed by atoms with E-state index in [2.05, 4.69) is 0 Å². The number of ether oxygens (including phenoxy) is 1. The third-order valence-electron chi connectivity index (χ3n) is 5.30. The number of ketones is 1. The molecule has 0 saturated carbocycles. The van der Waals surface area contributed by atoms with Crippen LogP contribution in [0.3, 0.4) is 0 Å². The summed E-state index contributed by atoms with van der Waals surface area (Å²) in [4.78, 5) is 14.6. The number of rotatable bonds is 5. The number of likely N-dealkylation sites (tertiary alicyclic amines) is 1. The van der Waals surface area contributed by atoms with Crippen LogP contribution in [0.5, 0.6) is 0 Å². The Kier molecular flexibility index (Phi) is 6.18. The van der Waals surface area contributed by atoms with Gasteiger partial charge in [0.05, 0.1) is 17.7 Å². The van der Waals surface area contributed by atoms with Crippen LogP contribution >= 0.6 is 0 Å². The van der Waals surface area contributed by atoms with Gasteiger partial charge in [-0.3, -0.25) is 9.69 Å². The van der Waals surface area contributed by atoms with Crippen molar-refractivity contribution in [1.29, 1.82) is 0 Å². The molecule has 2 aliphatic heterocycles. The number of alkyl halides is 3. The summed E-state index contributed by atoms with van der Waals surface area (Å²) in [5, 5.41) is 9.98. The molecule has 8 heteroatoms. The molecular weight excluding hydrogens is 366 g/mol. The zero-order valence-electron chi connectivity index (χ0n) is 14.8. The SMILES string of the molecule is O=C(Cc1ccc(C(F)(F)F)c(F)c1)[C@@H]1C[C@@H](O)CN1CC1CCOCC1. The molecule has 2 heterocycles. The van der Waals surface area contributed by atoms with E-state index in [9.17, 15) is 27.5 Å². The zero-order chi connectivity index (χ0) is 19.6. The third kappa shape index (κ3) is 5.06. The van der Waals surface area contributed by atoms with E-state index < -0.39 is 29.7 Å².